The molecule has 0 fully saturated rings. The van der Waals surface area contributed by atoms with Gasteiger partial charge in [0.25, 0.3) is 6.33 Å². The van der Waals surface area contributed by atoms with Crippen LogP contribution in [0.3, 0.4) is 0 Å². The van der Waals surface area contributed by atoms with E-state index in [1.807, 2.05) is 43.7 Å². The number of para-hydroxylation sites is 3. The number of ether oxygens (including phenoxy) is 1. The molecule has 14 rings (SSSR count). The largest absolute Gasteiger partial charge is 0.458 e. The molecule has 14 aromatic rings. The monoisotopic (exact) mass is 1060 g/mol. The van der Waals surface area contributed by atoms with Crippen LogP contribution in [0.1, 0.15) is 32.0 Å². The quantitative estimate of drug-likeness (QED) is 0.0956. The molecule has 0 unspecified atom stereocenters. The minimum atomic E-state index is -0.0587. The molecule has 9 aromatic carbocycles. The van der Waals surface area contributed by atoms with Crippen molar-refractivity contribution in [2.75, 3.05) is 0 Å². The molecule has 82 heavy (non-hydrogen) atoms. The number of benzene rings is 9. The second-order valence-corrected chi connectivity index (χ2v) is 22.0. The first-order valence-corrected chi connectivity index (χ1v) is 27.8. The van der Waals surface area contributed by atoms with Crippen LogP contribution in [0.4, 0.5) is 0 Å². The van der Waals surface area contributed by atoms with Crippen LogP contribution in [0.2, 0.25) is 0 Å². The Morgan fingerprint density at radius 1 is 0.402 bits per heavy atom. The maximum Gasteiger partial charge on any atom is 0.271 e. The topological polar surface area (TPSA) is 61.6 Å². The smallest absolute Gasteiger partial charge is 0.271 e. The van der Waals surface area contributed by atoms with Gasteiger partial charge in [-0.1, -0.05) is 185 Å². The lowest BCUT2D eigenvalue weighted by Gasteiger charge is -2.20. The number of fused-ring (bicyclic) bond motifs is 4. The lowest BCUT2D eigenvalue weighted by molar-refractivity contribution is -0.571. The fraction of sp³-hybridized carbons (Fsp3) is 0.0667. The van der Waals surface area contributed by atoms with Gasteiger partial charge in [-0.3, -0.25) is 23.7 Å². The van der Waals surface area contributed by atoms with Gasteiger partial charge in [-0.15, -0.1) is 0 Å². The van der Waals surface area contributed by atoms with Gasteiger partial charge in [0.2, 0.25) is 0 Å². The van der Waals surface area contributed by atoms with E-state index in [0.717, 1.165) is 117 Å². The van der Waals surface area contributed by atoms with Gasteiger partial charge in [-0.25, -0.2) is 4.98 Å². The molecule has 0 radical (unpaired) electrons. The summed E-state index contributed by atoms with van der Waals surface area (Å²) in [6.07, 6.45) is 9.58. The van der Waals surface area contributed by atoms with E-state index in [4.69, 9.17) is 19.7 Å². The summed E-state index contributed by atoms with van der Waals surface area (Å²) in [5, 5.41) is 2.12. The van der Waals surface area contributed by atoms with Crippen molar-refractivity contribution in [1.29, 1.82) is 0 Å². The van der Waals surface area contributed by atoms with Gasteiger partial charge in [0, 0.05) is 47.2 Å². The Morgan fingerprint density at radius 3 is 1.48 bits per heavy atom. The Bertz CT molecular complexity index is 4430. The summed E-state index contributed by atoms with van der Waals surface area (Å²) in [6, 6.07) is 88.4. The molecule has 0 N–H and O–H groups in total. The number of hydrogen-bond acceptors (Lipinski definition) is 4. The van der Waals surface area contributed by atoms with Crippen molar-refractivity contribution >= 4 is 32.8 Å². The molecule has 0 bridgehead atoms. The molecule has 0 aliphatic rings. The third-order valence-electron chi connectivity index (χ3n) is 15.5. The van der Waals surface area contributed by atoms with Gasteiger partial charge < -0.3 is 4.74 Å². The predicted molar refractivity (Wildman–Crippen MR) is 334 cm³/mol. The number of rotatable bonds is 11. The minimum Gasteiger partial charge on any atom is -0.458 e. The van der Waals surface area contributed by atoms with E-state index in [0.29, 0.717) is 17.3 Å². The summed E-state index contributed by atoms with van der Waals surface area (Å²) in [4.78, 5) is 14.7. The van der Waals surface area contributed by atoms with Gasteiger partial charge in [-0.2, -0.15) is 0 Å². The lowest BCUT2D eigenvalue weighted by Crippen LogP contribution is -2.31. The summed E-state index contributed by atoms with van der Waals surface area (Å²) in [7, 11) is 0. The fourth-order valence-corrected chi connectivity index (χ4v) is 11.4. The SMILES string of the molecule is Cc1cc2c(cn1)c1ccc(Oc3ccnc(-n4[c-][n+](-c5c(-c6cc(-c7ccccc7)cc(-c7ccccc7)c6)cccc5-c5cc(-c6ccccc6)cc(-c6ccccc6)c5)c5ccccc54)c3)cc1n2-c1cc(C(C)(C)C)ccn1. The van der Waals surface area contributed by atoms with Gasteiger partial charge in [0.1, 0.15) is 17.3 Å². The molecule has 0 saturated heterocycles. The molecule has 7 heteroatoms. The maximum absolute atomic E-state index is 6.86. The molecule has 0 saturated carbocycles. The molecule has 0 amide bonds. The second kappa shape index (κ2) is 20.6. The van der Waals surface area contributed by atoms with Gasteiger partial charge in [0.15, 0.2) is 5.82 Å². The van der Waals surface area contributed by atoms with E-state index in [1.165, 1.54) is 5.56 Å². The number of aryl methyl sites for hydroxylation is 1. The third kappa shape index (κ3) is 9.38. The van der Waals surface area contributed by atoms with Crippen molar-refractivity contribution in [2.24, 2.45) is 0 Å². The first-order valence-electron chi connectivity index (χ1n) is 27.8. The van der Waals surface area contributed by atoms with Crippen molar-refractivity contribution in [3.8, 4) is 95.6 Å². The maximum atomic E-state index is 6.86. The zero-order valence-corrected chi connectivity index (χ0v) is 46.0. The van der Waals surface area contributed by atoms with Crippen LogP contribution in [0.15, 0.2) is 267 Å². The van der Waals surface area contributed by atoms with Crippen molar-refractivity contribution < 1.29 is 9.30 Å². The Hall–Kier alpha value is -10.5. The zero-order valence-electron chi connectivity index (χ0n) is 46.0. The number of nitrogens with zero attached hydrogens (tertiary/aromatic N) is 6. The standard InChI is InChI=1S/C75H56N6O/c1-50-38-70-67(48-78-50)66-33-32-62(46-71(66)81(70)73-45-61(34-36-77-73)75(2,3)4)82-63-35-37-76-72(47-63)79-49-80(69-31-18-17-30-68(69)79)74-64(59-41-55(51-20-9-5-10-21-51)39-56(42-59)52-22-11-6-12-23-52)28-19-29-65(74)60-43-57(53-24-13-7-14-25-53)40-58(44-60)54-26-15-8-16-27-54/h5-48H,1-4H3. The first kappa shape index (κ1) is 49.8. The molecule has 0 aliphatic carbocycles. The van der Waals surface area contributed by atoms with Crippen molar-refractivity contribution in [3.05, 3.63) is 285 Å². The van der Waals surface area contributed by atoms with Gasteiger partial charge >= 0.3 is 0 Å². The molecule has 5 heterocycles. The summed E-state index contributed by atoms with van der Waals surface area (Å²) in [6.45, 7) is 8.71. The molecule has 7 nitrogen and oxygen atoms in total. The second-order valence-electron chi connectivity index (χ2n) is 22.0. The lowest BCUT2D eigenvalue weighted by atomic mass is 9.88. The Kier molecular flexibility index (Phi) is 12.5. The molecule has 392 valence electrons. The highest BCUT2D eigenvalue weighted by atomic mass is 16.5. The van der Waals surface area contributed by atoms with Crippen LogP contribution in [-0.2, 0) is 5.41 Å². The molecule has 0 aliphatic heterocycles. The first-order chi connectivity index (χ1) is 40.2. The van der Waals surface area contributed by atoms with E-state index in [1.54, 1.807) is 0 Å². The zero-order chi connectivity index (χ0) is 55.3. The Morgan fingerprint density at radius 2 is 0.902 bits per heavy atom. The number of aromatic nitrogens is 6. The van der Waals surface area contributed by atoms with Crippen molar-refractivity contribution in [2.45, 2.75) is 33.1 Å². The van der Waals surface area contributed by atoms with Gasteiger partial charge in [0.05, 0.1) is 27.8 Å². The van der Waals surface area contributed by atoms with Crippen LogP contribution >= 0.6 is 0 Å². The third-order valence-corrected chi connectivity index (χ3v) is 15.5. The van der Waals surface area contributed by atoms with Crippen LogP contribution in [0, 0.1) is 13.3 Å². The van der Waals surface area contributed by atoms with Crippen LogP contribution in [0.5, 0.6) is 11.5 Å². The van der Waals surface area contributed by atoms with E-state index in [2.05, 4.69) is 271 Å². The van der Waals surface area contributed by atoms with E-state index in [9.17, 15) is 0 Å². The number of pyridine rings is 3. The Labute approximate surface area is 477 Å². The van der Waals surface area contributed by atoms with Crippen molar-refractivity contribution in [1.82, 2.24) is 24.1 Å². The van der Waals surface area contributed by atoms with Crippen LogP contribution in [0.25, 0.3) is 117 Å². The van der Waals surface area contributed by atoms with Gasteiger partial charge in [-0.05, 0) is 157 Å². The molecule has 0 spiro atoms. The highest BCUT2D eigenvalue weighted by molar-refractivity contribution is 6.09. The minimum absolute atomic E-state index is 0.0587. The van der Waals surface area contributed by atoms with Crippen LogP contribution < -0.4 is 9.30 Å². The summed E-state index contributed by atoms with van der Waals surface area (Å²) >= 11 is 0. The van der Waals surface area contributed by atoms with Crippen LogP contribution in [-0.4, -0.2) is 24.1 Å². The summed E-state index contributed by atoms with van der Waals surface area (Å²) < 4.78 is 13.4. The Balaban J connectivity index is 0.951. The number of hydrogen-bond donors (Lipinski definition) is 0. The molecular weight excluding hydrogens is 1000 g/mol. The predicted octanol–water partition coefficient (Wildman–Crippen LogP) is 18.4. The summed E-state index contributed by atoms with van der Waals surface area (Å²) in [5.74, 6) is 2.81. The summed E-state index contributed by atoms with van der Waals surface area (Å²) in [5.41, 5.74) is 20.3. The van der Waals surface area contributed by atoms with E-state index in [-0.39, 0.29) is 5.41 Å². The van der Waals surface area contributed by atoms with E-state index < -0.39 is 0 Å². The van der Waals surface area contributed by atoms with E-state index >= 15 is 0 Å². The molecular formula is C75H56N6O. The van der Waals surface area contributed by atoms with Crippen molar-refractivity contribution in [3.63, 3.8) is 0 Å². The highest BCUT2D eigenvalue weighted by Gasteiger charge is 2.24. The average molecular weight is 1060 g/mol. The number of imidazole rings is 1. The fourth-order valence-electron chi connectivity index (χ4n) is 11.4. The molecule has 5 aromatic heterocycles. The highest BCUT2D eigenvalue weighted by Crippen LogP contribution is 2.42. The average Bonchev–Trinajstić information content (AvgIpc) is 3.90. The molecule has 0 atom stereocenters. The normalized spacial score (nSPS) is 11.7.